The molecule has 2 atom stereocenters. The second-order valence-electron chi connectivity index (χ2n) is 4.90. The van der Waals surface area contributed by atoms with Gasteiger partial charge in [0.2, 0.25) is 5.91 Å². The third-order valence-electron chi connectivity index (χ3n) is 3.47. The zero-order valence-corrected chi connectivity index (χ0v) is 13.7. The molecule has 0 fully saturated rings. The largest absolute Gasteiger partial charge is 0.308 e. The molecule has 2 heterocycles. The van der Waals surface area contributed by atoms with Gasteiger partial charge in [0.05, 0.1) is 20.5 Å². The summed E-state index contributed by atoms with van der Waals surface area (Å²) in [4.78, 5) is 12.1. The molecule has 2 unspecified atom stereocenters. The fourth-order valence-electron chi connectivity index (χ4n) is 2.36. The van der Waals surface area contributed by atoms with Crippen molar-refractivity contribution in [3.05, 3.63) is 45.1 Å². The van der Waals surface area contributed by atoms with Crippen LogP contribution in [0.2, 0.25) is 10.0 Å². The molecule has 1 amide bonds. The molecule has 1 aliphatic heterocycles. The summed E-state index contributed by atoms with van der Waals surface area (Å²) in [5.74, 6) is 0.504. The molecular formula is C14H13Cl2N3OS. The van der Waals surface area contributed by atoms with E-state index in [0.29, 0.717) is 15.9 Å². The lowest BCUT2D eigenvalue weighted by Crippen LogP contribution is -2.21. The number of aryl methyl sites for hydroxylation is 1. The first-order valence-corrected chi connectivity index (χ1v) is 8.14. The number of aromatic nitrogens is 2. The van der Waals surface area contributed by atoms with Crippen LogP contribution < -0.4 is 5.32 Å². The molecule has 7 heteroatoms. The highest BCUT2D eigenvalue weighted by Crippen LogP contribution is 2.47. The van der Waals surface area contributed by atoms with Gasteiger partial charge < -0.3 is 5.32 Å². The average Bonchev–Trinajstić information content (AvgIpc) is 2.74. The van der Waals surface area contributed by atoms with Gasteiger partial charge in [-0.1, -0.05) is 35.3 Å². The third kappa shape index (κ3) is 2.54. The smallest absolute Gasteiger partial charge is 0.238 e. The van der Waals surface area contributed by atoms with Gasteiger partial charge in [-0.15, -0.1) is 11.8 Å². The Balaban J connectivity index is 2.18. The number of nitrogens with one attached hydrogen (secondary N) is 2. The monoisotopic (exact) mass is 341 g/mol. The second kappa shape index (κ2) is 5.55. The number of amides is 1. The van der Waals surface area contributed by atoms with E-state index < -0.39 is 0 Å². The van der Waals surface area contributed by atoms with Gasteiger partial charge in [0.15, 0.2) is 5.82 Å². The standard InChI is InChI=1S/C14H13Cl2N3OS/c1-6-10-12(8-4-3-5-9(15)11(8)16)21-7(2)14(20)17-13(10)19-18-6/h3-5,7,12H,1-2H3,(H2,17,18,19,20). The minimum atomic E-state index is -0.210. The Kier molecular flexibility index (Phi) is 3.90. The molecule has 0 aliphatic carbocycles. The normalized spacial score (nSPS) is 21.6. The first-order valence-electron chi connectivity index (χ1n) is 6.44. The van der Waals surface area contributed by atoms with E-state index in [4.69, 9.17) is 23.2 Å². The minimum Gasteiger partial charge on any atom is -0.308 e. The fourth-order valence-corrected chi connectivity index (χ4v) is 4.20. The lowest BCUT2D eigenvalue weighted by molar-refractivity contribution is -0.115. The van der Waals surface area contributed by atoms with Crippen LogP contribution in [-0.4, -0.2) is 21.4 Å². The maximum absolute atomic E-state index is 12.1. The van der Waals surface area contributed by atoms with Gasteiger partial charge in [-0.3, -0.25) is 9.89 Å². The van der Waals surface area contributed by atoms with E-state index in [2.05, 4.69) is 15.5 Å². The number of rotatable bonds is 1. The van der Waals surface area contributed by atoms with Crippen molar-refractivity contribution in [3.63, 3.8) is 0 Å². The van der Waals surface area contributed by atoms with E-state index in [1.807, 2.05) is 26.0 Å². The third-order valence-corrected chi connectivity index (χ3v) is 5.69. The van der Waals surface area contributed by atoms with Crippen molar-refractivity contribution in [2.24, 2.45) is 0 Å². The Bertz CT molecular complexity index is 716. The molecule has 21 heavy (non-hydrogen) atoms. The molecule has 0 saturated carbocycles. The maximum atomic E-state index is 12.1. The van der Waals surface area contributed by atoms with Gasteiger partial charge >= 0.3 is 0 Å². The van der Waals surface area contributed by atoms with Gasteiger partial charge in [-0.2, -0.15) is 5.10 Å². The van der Waals surface area contributed by atoms with Crippen LogP contribution in [-0.2, 0) is 4.79 Å². The van der Waals surface area contributed by atoms with Crippen molar-refractivity contribution in [1.82, 2.24) is 10.2 Å². The molecular weight excluding hydrogens is 329 g/mol. The second-order valence-corrected chi connectivity index (χ2v) is 7.14. The summed E-state index contributed by atoms with van der Waals surface area (Å²) in [6.45, 7) is 3.80. The summed E-state index contributed by atoms with van der Waals surface area (Å²) in [6.07, 6.45) is 0. The fraction of sp³-hybridized carbons (Fsp3) is 0.286. The summed E-state index contributed by atoms with van der Waals surface area (Å²) in [7, 11) is 0. The van der Waals surface area contributed by atoms with Crippen LogP contribution in [0.1, 0.15) is 29.0 Å². The van der Waals surface area contributed by atoms with E-state index >= 15 is 0 Å². The van der Waals surface area contributed by atoms with Crippen LogP contribution in [0.4, 0.5) is 5.82 Å². The van der Waals surface area contributed by atoms with Crippen molar-refractivity contribution >= 4 is 46.7 Å². The summed E-state index contributed by atoms with van der Waals surface area (Å²) in [6, 6.07) is 5.55. The first kappa shape index (κ1) is 14.8. The summed E-state index contributed by atoms with van der Waals surface area (Å²) < 4.78 is 0. The Morgan fingerprint density at radius 2 is 2.10 bits per heavy atom. The first-order chi connectivity index (χ1) is 9.99. The van der Waals surface area contributed by atoms with Crippen LogP contribution in [0.15, 0.2) is 18.2 Å². The number of benzene rings is 1. The quantitative estimate of drug-likeness (QED) is 0.817. The molecule has 0 radical (unpaired) electrons. The van der Waals surface area contributed by atoms with Crippen LogP contribution in [0.3, 0.4) is 0 Å². The Morgan fingerprint density at radius 1 is 1.33 bits per heavy atom. The number of H-pyrrole nitrogens is 1. The molecule has 110 valence electrons. The van der Waals surface area contributed by atoms with E-state index in [9.17, 15) is 4.79 Å². The van der Waals surface area contributed by atoms with Crippen molar-refractivity contribution in [3.8, 4) is 0 Å². The zero-order chi connectivity index (χ0) is 15.1. The highest BCUT2D eigenvalue weighted by Gasteiger charge is 2.33. The number of nitrogens with zero attached hydrogens (tertiary/aromatic N) is 1. The van der Waals surface area contributed by atoms with Gasteiger partial charge in [0.1, 0.15) is 0 Å². The van der Waals surface area contributed by atoms with Gasteiger partial charge in [-0.25, -0.2) is 0 Å². The molecule has 0 bridgehead atoms. The van der Waals surface area contributed by atoms with Crippen molar-refractivity contribution < 1.29 is 4.79 Å². The van der Waals surface area contributed by atoms with E-state index in [-0.39, 0.29) is 16.4 Å². The number of carbonyl (C=O) groups excluding carboxylic acids is 1. The zero-order valence-electron chi connectivity index (χ0n) is 11.4. The number of fused-ring (bicyclic) bond motifs is 1. The summed E-state index contributed by atoms with van der Waals surface area (Å²) in [5.41, 5.74) is 2.75. The highest BCUT2D eigenvalue weighted by molar-refractivity contribution is 8.01. The number of hydrogen-bond acceptors (Lipinski definition) is 3. The van der Waals surface area contributed by atoms with Crippen molar-refractivity contribution in [2.75, 3.05) is 5.32 Å². The number of anilines is 1. The van der Waals surface area contributed by atoms with Crippen LogP contribution in [0, 0.1) is 6.92 Å². The molecule has 2 aromatic rings. The van der Waals surface area contributed by atoms with E-state index in [1.165, 1.54) is 11.8 Å². The number of carbonyl (C=O) groups is 1. The molecule has 0 saturated heterocycles. The molecule has 1 aliphatic rings. The van der Waals surface area contributed by atoms with Crippen molar-refractivity contribution in [1.29, 1.82) is 0 Å². The highest BCUT2D eigenvalue weighted by atomic mass is 35.5. The summed E-state index contributed by atoms with van der Waals surface area (Å²) >= 11 is 14.0. The Hall–Kier alpha value is -1.17. The minimum absolute atomic E-state index is 0.0617. The Morgan fingerprint density at radius 3 is 2.86 bits per heavy atom. The molecule has 3 rings (SSSR count). The van der Waals surface area contributed by atoms with Gasteiger partial charge in [0, 0.05) is 11.3 Å². The number of hydrogen-bond donors (Lipinski definition) is 2. The number of thioether (sulfide) groups is 1. The van der Waals surface area contributed by atoms with E-state index in [1.54, 1.807) is 6.07 Å². The number of aromatic amines is 1. The lowest BCUT2D eigenvalue weighted by Gasteiger charge is -2.19. The maximum Gasteiger partial charge on any atom is 0.238 e. The molecule has 4 nitrogen and oxygen atoms in total. The van der Waals surface area contributed by atoms with Crippen LogP contribution >= 0.6 is 35.0 Å². The molecule has 2 N–H and O–H groups in total. The van der Waals surface area contributed by atoms with Crippen LogP contribution in [0.25, 0.3) is 0 Å². The SMILES string of the molecule is Cc1[nH]nc2c1C(c1cccc(Cl)c1Cl)SC(C)C(=O)N2. The molecule has 0 spiro atoms. The predicted octanol–water partition coefficient (Wildman–Crippen LogP) is 4.19. The van der Waals surface area contributed by atoms with Gasteiger partial charge in [-0.05, 0) is 25.5 Å². The molecule has 1 aromatic heterocycles. The lowest BCUT2D eigenvalue weighted by atomic mass is 10.0. The number of halogens is 2. The summed E-state index contributed by atoms with van der Waals surface area (Å²) in [5, 5.41) is 10.7. The van der Waals surface area contributed by atoms with E-state index in [0.717, 1.165) is 16.8 Å². The predicted molar refractivity (Wildman–Crippen MR) is 87.3 cm³/mol. The van der Waals surface area contributed by atoms with Crippen LogP contribution in [0.5, 0.6) is 0 Å². The average molecular weight is 342 g/mol. The Labute approximate surface area is 136 Å². The molecule has 1 aromatic carbocycles. The van der Waals surface area contributed by atoms with Crippen molar-refractivity contribution in [2.45, 2.75) is 24.3 Å². The van der Waals surface area contributed by atoms with Gasteiger partial charge in [0.25, 0.3) is 0 Å². The topological polar surface area (TPSA) is 57.8 Å².